The molecule has 1 saturated heterocycles. The first-order valence-corrected chi connectivity index (χ1v) is 8.30. The maximum Gasteiger partial charge on any atom is 0.244 e. The molecule has 2 rings (SSSR count). The molecule has 2 N–H and O–H groups in total. The third-order valence-corrected chi connectivity index (χ3v) is 6.07. The lowest BCUT2D eigenvalue weighted by molar-refractivity contribution is 0.353. The van der Waals surface area contributed by atoms with Crippen LogP contribution in [0.2, 0.25) is 0 Å². The minimum atomic E-state index is -3.59. The van der Waals surface area contributed by atoms with E-state index < -0.39 is 10.0 Å². The molecule has 0 spiro atoms. The van der Waals surface area contributed by atoms with E-state index in [1.807, 2.05) is 0 Å². The van der Waals surface area contributed by atoms with E-state index >= 15 is 0 Å². The van der Waals surface area contributed by atoms with E-state index in [1.54, 1.807) is 6.07 Å². The Labute approximate surface area is 139 Å². The quantitative estimate of drug-likeness (QED) is 0.829. The smallest absolute Gasteiger partial charge is 0.244 e. The zero-order chi connectivity index (χ0) is 14.9. The lowest BCUT2D eigenvalue weighted by Gasteiger charge is -2.18. The molecule has 1 aliphatic heterocycles. The van der Waals surface area contributed by atoms with Crippen LogP contribution < -0.4 is 15.2 Å². The van der Waals surface area contributed by atoms with Crippen LogP contribution >= 0.6 is 28.3 Å². The second kappa shape index (κ2) is 7.15. The molecule has 120 valence electrons. The Hall–Kier alpha value is -0.540. The normalized spacial score (nSPS) is 19.1. The van der Waals surface area contributed by atoms with Crippen molar-refractivity contribution in [1.29, 1.82) is 0 Å². The van der Waals surface area contributed by atoms with Crippen LogP contribution in [0.25, 0.3) is 0 Å². The molecular weight excluding hydrogens is 384 g/mol. The molecule has 0 aromatic heterocycles. The molecule has 0 amide bonds. The first-order chi connectivity index (χ1) is 9.40. The topological polar surface area (TPSA) is 81.9 Å². The molecule has 1 aliphatic rings. The van der Waals surface area contributed by atoms with Crippen molar-refractivity contribution in [2.24, 2.45) is 5.73 Å². The molecule has 1 aromatic rings. The largest absolute Gasteiger partial charge is 0.493 e. The average molecular weight is 402 g/mol. The first-order valence-electron chi connectivity index (χ1n) is 6.07. The fraction of sp³-hybridized carbons (Fsp3) is 0.500. The van der Waals surface area contributed by atoms with Crippen molar-refractivity contribution in [3.63, 3.8) is 0 Å². The monoisotopic (exact) mass is 400 g/mol. The third kappa shape index (κ3) is 3.62. The summed E-state index contributed by atoms with van der Waals surface area (Å²) in [7, 11) is -0.625. The van der Waals surface area contributed by atoms with Crippen LogP contribution in [0.4, 0.5) is 0 Å². The summed E-state index contributed by atoms with van der Waals surface area (Å²) in [5, 5.41) is 0. The SMILES string of the molecule is COc1cc(Br)c(S(=O)(=O)N2CC[C@@H](N)C2)cc1OC.Cl. The fourth-order valence-electron chi connectivity index (χ4n) is 2.14. The zero-order valence-corrected chi connectivity index (χ0v) is 14.9. The second-order valence-corrected chi connectivity index (χ2v) is 7.31. The van der Waals surface area contributed by atoms with Gasteiger partial charge < -0.3 is 15.2 Å². The Morgan fingerprint density at radius 3 is 2.33 bits per heavy atom. The zero-order valence-electron chi connectivity index (χ0n) is 11.7. The van der Waals surface area contributed by atoms with E-state index in [0.29, 0.717) is 35.5 Å². The highest BCUT2D eigenvalue weighted by atomic mass is 79.9. The van der Waals surface area contributed by atoms with Crippen LogP contribution in [0, 0.1) is 0 Å². The van der Waals surface area contributed by atoms with Gasteiger partial charge in [-0.1, -0.05) is 0 Å². The summed E-state index contributed by atoms with van der Waals surface area (Å²) in [5.74, 6) is 0.842. The molecule has 1 aromatic carbocycles. The Morgan fingerprint density at radius 2 is 1.86 bits per heavy atom. The average Bonchev–Trinajstić information content (AvgIpc) is 2.85. The Bertz CT molecular complexity index is 612. The minimum absolute atomic E-state index is 0. The first kappa shape index (κ1) is 18.5. The van der Waals surface area contributed by atoms with Crippen LogP contribution in [0.15, 0.2) is 21.5 Å². The minimum Gasteiger partial charge on any atom is -0.493 e. The lowest BCUT2D eigenvalue weighted by Crippen LogP contribution is -2.32. The van der Waals surface area contributed by atoms with Crippen molar-refractivity contribution in [1.82, 2.24) is 4.31 Å². The maximum atomic E-state index is 12.6. The predicted octanol–water partition coefficient (Wildman–Crippen LogP) is 1.61. The fourth-order valence-corrected chi connectivity index (χ4v) is 4.65. The van der Waals surface area contributed by atoms with Gasteiger partial charge in [-0.15, -0.1) is 12.4 Å². The molecule has 0 aliphatic carbocycles. The van der Waals surface area contributed by atoms with Crippen molar-refractivity contribution < 1.29 is 17.9 Å². The lowest BCUT2D eigenvalue weighted by atomic mass is 10.3. The van der Waals surface area contributed by atoms with Gasteiger partial charge in [-0.3, -0.25) is 0 Å². The Kier molecular flexibility index (Phi) is 6.30. The second-order valence-electron chi connectivity index (χ2n) is 4.55. The summed E-state index contributed by atoms with van der Waals surface area (Å²) in [6.45, 7) is 0.771. The summed E-state index contributed by atoms with van der Waals surface area (Å²) in [6, 6.07) is 2.94. The summed E-state index contributed by atoms with van der Waals surface area (Å²) in [5.41, 5.74) is 5.78. The van der Waals surface area contributed by atoms with Gasteiger partial charge in [-0.25, -0.2) is 8.42 Å². The highest BCUT2D eigenvalue weighted by Crippen LogP contribution is 2.37. The van der Waals surface area contributed by atoms with Gasteiger partial charge >= 0.3 is 0 Å². The van der Waals surface area contributed by atoms with Gasteiger partial charge in [-0.2, -0.15) is 4.31 Å². The van der Waals surface area contributed by atoms with Crippen LogP contribution in [0.1, 0.15) is 6.42 Å². The van der Waals surface area contributed by atoms with Gasteiger partial charge in [0, 0.05) is 29.7 Å². The number of hydrogen-bond acceptors (Lipinski definition) is 5. The van der Waals surface area contributed by atoms with Crippen LogP contribution in [0.5, 0.6) is 11.5 Å². The van der Waals surface area contributed by atoms with Crippen LogP contribution in [0.3, 0.4) is 0 Å². The van der Waals surface area contributed by atoms with Gasteiger partial charge in [0.05, 0.1) is 14.2 Å². The summed E-state index contributed by atoms with van der Waals surface area (Å²) in [4.78, 5) is 0.157. The molecule has 6 nitrogen and oxygen atoms in total. The molecule has 1 heterocycles. The van der Waals surface area contributed by atoms with Gasteiger partial charge in [0.1, 0.15) is 4.90 Å². The van der Waals surface area contributed by atoms with Crippen molar-refractivity contribution in [3.8, 4) is 11.5 Å². The molecule has 1 fully saturated rings. The van der Waals surface area contributed by atoms with Crippen molar-refractivity contribution >= 4 is 38.4 Å². The molecule has 0 bridgehead atoms. The number of benzene rings is 1. The van der Waals surface area contributed by atoms with Gasteiger partial charge in [0.25, 0.3) is 0 Å². The van der Waals surface area contributed by atoms with E-state index in [4.69, 9.17) is 15.2 Å². The number of methoxy groups -OCH3 is 2. The van der Waals surface area contributed by atoms with Crippen LogP contribution in [-0.4, -0.2) is 46.1 Å². The number of rotatable bonds is 4. The van der Waals surface area contributed by atoms with Crippen LogP contribution in [-0.2, 0) is 10.0 Å². The molecule has 9 heteroatoms. The molecule has 0 radical (unpaired) electrons. The Morgan fingerprint density at radius 1 is 1.29 bits per heavy atom. The predicted molar refractivity (Wildman–Crippen MR) is 85.8 cm³/mol. The molecule has 1 atom stereocenters. The molecular formula is C12H18BrClN2O4S. The highest BCUT2D eigenvalue weighted by molar-refractivity contribution is 9.10. The van der Waals surface area contributed by atoms with Crippen molar-refractivity contribution in [2.45, 2.75) is 17.4 Å². The van der Waals surface area contributed by atoms with E-state index in [1.165, 1.54) is 24.6 Å². The molecule has 21 heavy (non-hydrogen) atoms. The number of nitrogens with zero attached hydrogens (tertiary/aromatic N) is 1. The number of hydrogen-bond donors (Lipinski definition) is 1. The van der Waals surface area contributed by atoms with E-state index in [2.05, 4.69) is 15.9 Å². The molecule has 0 unspecified atom stereocenters. The summed E-state index contributed by atoms with van der Waals surface area (Å²) >= 11 is 3.28. The van der Waals surface area contributed by atoms with Crippen molar-refractivity contribution in [2.75, 3.05) is 27.3 Å². The van der Waals surface area contributed by atoms with Gasteiger partial charge in [0.15, 0.2) is 11.5 Å². The van der Waals surface area contributed by atoms with E-state index in [-0.39, 0.29) is 23.3 Å². The standard InChI is InChI=1S/C12H17BrN2O4S.ClH/c1-18-10-5-9(13)12(6-11(10)19-2)20(16,17)15-4-3-8(14)7-15;/h5-6,8H,3-4,7,14H2,1-2H3;1H/t8-;/m1./s1. The number of ether oxygens (including phenoxy) is 2. The third-order valence-electron chi connectivity index (χ3n) is 3.24. The highest BCUT2D eigenvalue weighted by Gasteiger charge is 2.33. The van der Waals surface area contributed by atoms with E-state index in [9.17, 15) is 8.42 Å². The van der Waals surface area contributed by atoms with Gasteiger partial charge in [-0.05, 0) is 28.4 Å². The number of sulfonamides is 1. The maximum absolute atomic E-state index is 12.6. The number of halogens is 2. The Balaban J connectivity index is 0.00000220. The summed E-state index contributed by atoms with van der Waals surface area (Å²) < 4.78 is 37.4. The molecule has 0 saturated carbocycles. The summed E-state index contributed by atoms with van der Waals surface area (Å²) in [6.07, 6.45) is 0.671. The number of nitrogens with two attached hydrogens (primary N) is 1. The van der Waals surface area contributed by atoms with Gasteiger partial charge in [0.2, 0.25) is 10.0 Å². The van der Waals surface area contributed by atoms with Crippen molar-refractivity contribution in [3.05, 3.63) is 16.6 Å². The van der Waals surface area contributed by atoms with E-state index in [0.717, 1.165) is 0 Å².